The van der Waals surface area contributed by atoms with Gasteiger partial charge in [0, 0.05) is 37.2 Å². The highest BCUT2D eigenvalue weighted by atomic mass is 16.2. The highest BCUT2D eigenvalue weighted by Crippen LogP contribution is 2.39. The minimum Gasteiger partial charge on any atom is -0.352 e. The third-order valence-corrected chi connectivity index (χ3v) is 5.88. The summed E-state index contributed by atoms with van der Waals surface area (Å²) in [5, 5.41) is 3.09. The predicted octanol–water partition coefficient (Wildman–Crippen LogP) is 1.56. The van der Waals surface area contributed by atoms with Crippen molar-refractivity contribution in [2.45, 2.75) is 51.1 Å². The molecule has 1 N–H and O–H groups in total. The fourth-order valence-corrected chi connectivity index (χ4v) is 4.42. The van der Waals surface area contributed by atoms with Crippen LogP contribution in [-0.2, 0) is 16.1 Å². The van der Waals surface area contributed by atoms with E-state index in [1.807, 2.05) is 23.1 Å². The molecule has 26 heavy (non-hydrogen) atoms. The van der Waals surface area contributed by atoms with Gasteiger partial charge in [-0.1, -0.05) is 6.07 Å². The molecule has 4 rings (SSSR count). The molecule has 3 heterocycles. The Kier molecular flexibility index (Phi) is 4.94. The molecular formula is C20H28N4O2. The van der Waals surface area contributed by atoms with Crippen molar-refractivity contribution in [2.75, 3.05) is 26.2 Å². The van der Waals surface area contributed by atoms with Gasteiger partial charge in [0.15, 0.2) is 0 Å². The molecule has 0 unspecified atom stereocenters. The molecule has 1 saturated carbocycles. The van der Waals surface area contributed by atoms with Crippen LogP contribution in [0.25, 0.3) is 0 Å². The van der Waals surface area contributed by atoms with E-state index in [0.717, 1.165) is 57.4 Å². The lowest BCUT2D eigenvalue weighted by molar-refractivity contribution is -0.141. The number of nitrogens with zero attached hydrogens (tertiary/aromatic N) is 3. The standard InChI is InChI=1S/C20H28N4O2/c25-18(22-16-5-6-16)13-23-11-3-8-20(14-23)9-7-19(26)24(15-20)12-17-4-1-2-10-21-17/h1-2,4,10,16H,3,5-9,11-15H2,(H,22,25)/t20-/m1/s1. The fourth-order valence-electron chi connectivity index (χ4n) is 4.42. The van der Waals surface area contributed by atoms with E-state index in [2.05, 4.69) is 15.2 Å². The molecule has 2 saturated heterocycles. The largest absolute Gasteiger partial charge is 0.352 e. The zero-order valence-corrected chi connectivity index (χ0v) is 15.3. The van der Waals surface area contributed by atoms with Crippen molar-refractivity contribution in [3.05, 3.63) is 30.1 Å². The van der Waals surface area contributed by atoms with Crippen molar-refractivity contribution >= 4 is 11.8 Å². The molecule has 140 valence electrons. The Labute approximate surface area is 155 Å². The first kappa shape index (κ1) is 17.5. The predicted molar refractivity (Wildman–Crippen MR) is 98.2 cm³/mol. The van der Waals surface area contributed by atoms with Crippen molar-refractivity contribution < 1.29 is 9.59 Å². The van der Waals surface area contributed by atoms with Gasteiger partial charge in [0.05, 0.1) is 18.8 Å². The van der Waals surface area contributed by atoms with Gasteiger partial charge in [-0.05, 0) is 50.8 Å². The number of hydrogen-bond donors (Lipinski definition) is 1. The molecule has 3 fully saturated rings. The zero-order valence-electron chi connectivity index (χ0n) is 15.3. The number of pyridine rings is 1. The molecule has 1 atom stereocenters. The first-order valence-corrected chi connectivity index (χ1v) is 9.81. The van der Waals surface area contributed by atoms with E-state index < -0.39 is 0 Å². The van der Waals surface area contributed by atoms with E-state index in [4.69, 9.17) is 0 Å². The number of hydrogen-bond acceptors (Lipinski definition) is 4. The SMILES string of the molecule is O=C(CN1CCC[C@@]2(CCC(=O)N(Cc3ccccn3)C2)C1)NC1CC1. The Morgan fingerprint density at radius 1 is 1.27 bits per heavy atom. The molecule has 1 spiro atoms. The van der Waals surface area contributed by atoms with E-state index in [1.54, 1.807) is 6.20 Å². The average molecular weight is 356 g/mol. The molecule has 2 aliphatic heterocycles. The van der Waals surface area contributed by atoms with Crippen LogP contribution >= 0.6 is 0 Å². The van der Waals surface area contributed by atoms with E-state index in [1.165, 1.54) is 0 Å². The Hall–Kier alpha value is -1.95. The van der Waals surface area contributed by atoms with Crippen molar-refractivity contribution in [1.82, 2.24) is 20.1 Å². The highest BCUT2D eigenvalue weighted by molar-refractivity contribution is 5.79. The Morgan fingerprint density at radius 2 is 2.15 bits per heavy atom. The number of aromatic nitrogens is 1. The normalized spacial score (nSPS) is 26.9. The number of carbonyl (C=O) groups excluding carboxylic acids is 2. The van der Waals surface area contributed by atoms with Crippen molar-refractivity contribution in [1.29, 1.82) is 0 Å². The minimum absolute atomic E-state index is 0.126. The van der Waals surface area contributed by atoms with E-state index >= 15 is 0 Å². The summed E-state index contributed by atoms with van der Waals surface area (Å²) in [5.74, 6) is 0.381. The maximum atomic E-state index is 12.4. The number of amides is 2. The van der Waals surface area contributed by atoms with Gasteiger partial charge < -0.3 is 10.2 Å². The third-order valence-electron chi connectivity index (χ3n) is 5.88. The van der Waals surface area contributed by atoms with E-state index in [-0.39, 0.29) is 17.2 Å². The first-order chi connectivity index (χ1) is 12.6. The van der Waals surface area contributed by atoms with Gasteiger partial charge in [-0.25, -0.2) is 0 Å². The van der Waals surface area contributed by atoms with Gasteiger partial charge in [0.1, 0.15) is 0 Å². The molecule has 2 amide bonds. The molecule has 3 aliphatic rings. The van der Waals surface area contributed by atoms with Crippen LogP contribution in [0.15, 0.2) is 24.4 Å². The molecule has 0 bridgehead atoms. The molecule has 1 aromatic rings. The van der Waals surface area contributed by atoms with Crippen molar-refractivity contribution in [3.63, 3.8) is 0 Å². The lowest BCUT2D eigenvalue weighted by Gasteiger charge is -2.48. The summed E-state index contributed by atoms with van der Waals surface area (Å²) in [6.45, 7) is 3.75. The Balaban J connectivity index is 1.38. The molecule has 0 aromatic carbocycles. The van der Waals surface area contributed by atoms with E-state index in [9.17, 15) is 9.59 Å². The van der Waals surface area contributed by atoms with Crippen LogP contribution in [0.3, 0.4) is 0 Å². The van der Waals surface area contributed by atoms with Crippen LogP contribution in [0, 0.1) is 5.41 Å². The van der Waals surface area contributed by atoms with E-state index in [0.29, 0.717) is 25.6 Å². The van der Waals surface area contributed by atoms with Crippen molar-refractivity contribution in [3.8, 4) is 0 Å². The smallest absolute Gasteiger partial charge is 0.234 e. The summed E-state index contributed by atoms with van der Waals surface area (Å²) in [6, 6.07) is 6.26. The molecule has 6 nitrogen and oxygen atoms in total. The highest BCUT2D eigenvalue weighted by Gasteiger charge is 2.42. The van der Waals surface area contributed by atoms with Crippen LogP contribution in [0.5, 0.6) is 0 Å². The number of rotatable bonds is 5. The average Bonchev–Trinajstić information content (AvgIpc) is 3.43. The summed E-state index contributed by atoms with van der Waals surface area (Å²) in [5.41, 5.74) is 1.07. The Bertz CT molecular complexity index is 661. The molecule has 1 aliphatic carbocycles. The van der Waals surface area contributed by atoms with Gasteiger partial charge in [-0.3, -0.25) is 19.5 Å². The fraction of sp³-hybridized carbons (Fsp3) is 0.650. The van der Waals surface area contributed by atoms with Gasteiger partial charge in [0.2, 0.25) is 11.8 Å². The Morgan fingerprint density at radius 3 is 2.92 bits per heavy atom. The van der Waals surface area contributed by atoms with Crippen molar-refractivity contribution in [2.24, 2.45) is 5.41 Å². The number of likely N-dealkylation sites (tertiary alicyclic amines) is 2. The maximum absolute atomic E-state index is 12.4. The first-order valence-electron chi connectivity index (χ1n) is 9.81. The summed E-state index contributed by atoms with van der Waals surface area (Å²) < 4.78 is 0. The molecule has 0 radical (unpaired) electrons. The van der Waals surface area contributed by atoms with Gasteiger partial charge in [-0.15, -0.1) is 0 Å². The lowest BCUT2D eigenvalue weighted by Crippen LogP contribution is -2.55. The summed E-state index contributed by atoms with van der Waals surface area (Å²) in [4.78, 5) is 33.2. The summed E-state index contributed by atoms with van der Waals surface area (Å²) >= 11 is 0. The second-order valence-electron chi connectivity index (χ2n) is 8.23. The molecule has 6 heteroatoms. The minimum atomic E-state index is 0.126. The second-order valence-corrected chi connectivity index (χ2v) is 8.23. The zero-order chi connectivity index (χ0) is 18.0. The van der Waals surface area contributed by atoms with Crippen LogP contribution < -0.4 is 5.32 Å². The van der Waals surface area contributed by atoms with Crippen LogP contribution in [-0.4, -0.2) is 58.8 Å². The number of nitrogens with one attached hydrogen (secondary N) is 1. The summed E-state index contributed by atoms with van der Waals surface area (Å²) in [7, 11) is 0. The maximum Gasteiger partial charge on any atom is 0.234 e. The van der Waals surface area contributed by atoms with Crippen LogP contribution in [0.1, 0.15) is 44.2 Å². The van der Waals surface area contributed by atoms with Gasteiger partial charge in [0.25, 0.3) is 0 Å². The molecule has 1 aromatic heterocycles. The number of piperidine rings is 2. The van der Waals surface area contributed by atoms with Gasteiger partial charge >= 0.3 is 0 Å². The topological polar surface area (TPSA) is 65.5 Å². The van der Waals surface area contributed by atoms with Gasteiger partial charge in [-0.2, -0.15) is 0 Å². The monoisotopic (exact) mass is 356 g/mol. The lowest BCUT2D eigenvalue weighted by atomic mass is 9.73. The number of carbonyl (C=O) groups is 2. The van der Waals surface area contributed by atoms with Crippen LogP contribution in [0.4, 0.5) is 0 Å². The van der Waals surface area contributed by atoms with Crippen LogP contribution in [0.2, 0.25) is 0 Å². The second kappa shape index (κ2) is 7.35. The molecular weight excluding hydrogens is 328 g/mol. The quantitative estimate of drug-likeness (QED) is 0.870. The third kappa shape index (κ3) is 4.23. The summed E-state index contributed by atoms with van der Waals surface area (Å²) in [6.07, 6.45) is 7.81.